The van der Waals surface area contributed by atoms with Gasteiger partial charge in [0.25, 0.3) is 0 Å². The molecule has 7 heteroatoms. The summed E-state index contributed by atoms with van der Waals surface area (Å²) in [7, 11) is 0. The number of hydrogen-bond acceptors (Lipinski definition) is 6. The number of fused-ring (bicyclic) bond motifs is 1. The first kappa shape index (κ1) is 26.1. The summed E-state index contributed by atoms with van der Waals surface area (Å²) in [5.74, 6) is 0.704. The molecule has 0 amide bonds. The molecule has 7 nitrogen and oxygen atoms in total. The van der Waals surface area contributed by atoms with Crippen LogP contribution in [-0.4, -0.2) is 74.8 Å². The third-order valence-corrected chi connectivity index (χ3v) is 8.55. The molecule has 3 aromatic rings. The van der Waals surface area contributed by atoms with Crippen LogP contribution in [-0.2, 0) is 0 Å². The summed E-state index contributed by atoms with van der Waals surface area (Å²) >= 11 is 0. The Labute approximate surface area is 221 Å². The Kier molecular flexibility index (Phi) is 8.43. The molecule has 1 saturated carbocycles. The van der Waals surface area contributed by atoms with Crippen molar-refractivity contribution in [3.8, 4) is 11.1 Å². The monoisotopic (exact) mass is 504 g/mol. The minimum absolute atomic E-state index is 0.169. The van der Waals surface area contributed by atoms with Crippen molar-refractivity contribution in [2.45, 2.75) is 77.5 Å². The van der Waals surface area contributed by atoms with Crippen LogP contribution in [0.4, 0.5) is 5.95 Å². The van der Waals surface area contributed by atoms with Crippen LogP contribution in [0.25, 0.3) is 22.2 Å². The number of hydrogen-bond donors (Lipinski definition) is 2. The first-order valence-corrected chi connectivity index (χ1v) is 14.4. The van der Waals surface area contributed by atoms with Crippen molar-refractivity contribution in [3.63, 3.8) is 0 Å². The zero-order valence-electron chi connectivity index (χ0n) is 22.9. The SMILES string of the molecule is CCCCNc1ncc2c(-c3ccc([C@@H](C)N4CCN(CC)CC4)cc3)cn([C@H]3CC[C@H](O)CC3)c2n1. The van der Waals surface area contributed by atoms with Gasteiger partial charge in [0.15, 0.2) is 0 Å². The molecule has 2 aromatic heterocycles. The summed E-state index contributed by atoms with van der Waals surface area (Å²) in [5, 5.41) is 14.6. The molecular weight excluding hydrogens is 460 g/mol. The quantitative estimate of drug-likeness (QED) is 0.376. The fourth-order valence-corrected chi connectivity index (χ4v) is 5.96. The van der Waals surface area contributed by atoms with Gasteiger partial charge in [0.1, 0.15) is 5.65 Å². The van der Waals surface area contributed by atoms with E-state index in [1.54, 1.807) is 0 Å². The van der Waals surface area contributed by atoms with Gasteiger partial charge in [-0.15, -0.1) is 0 Å². The van der Waals surface area contributed by atoms with E-state index in [-0.39, 0.29) is 6.10 Å². The van der Waals surface area contributed by atoms with Gasteiger partial charge in [-0.2, -0.15) is 4.98 Å². The van der Waals surface area contributed by atoms with Crippen LogP contribution in [0.2, 0.25) is 0 Å². The Morgan fingerprint density at radius 1 is 1.03 bits per heavy atom. The lowest BCUT2D eigenvalue weighted by atomic mass is 9.93. The summed E-state index contributed by atoms with van der Waals surface area (Å²) < 4.78 is 2.35. The molecule has 0 unspecified atom stereocenters. The van der Waals surface area contributed by atoms with E-state index in [0.717, 1.165) is 88.8 Å². The van der Waals surface area contributed by atoms with Crippen LogP contribution in [0.15, 0.2) is 36.7 Å². The van der Waals surface area contributed by atoms with E-state index in [4.69, 9.17) is 4.98 Å². The van der Waals surface area contributed by atoms with Gasteiger partial charge >= 0.3 is 0 Å². The largest absolute Gasteiger partial charge is 0.393 e. The Bertz CT molecular complexity index is 1140. The van der Waals surface area contributed by atoms with Crippen molar-refractivity contribution in [2.75, 3.05) is 44.6 Å². The normalized spacial score (nSPS) is 22.4. The van der Waals surface area contributed by atoms with Crippen molar-refractivity contribution in [1.29, 1.82) is 0 Å². The Morgan fingerprint density at radius 2 is 1.76 bits per heavy atom. The lowest BCUT2D eigenvalue weighted by molar-refractivity contribution is 0.106. The molecule has 1 aliphatic heterocycles. The number of aliphatic hydroxyl groups is 1. The Morgan fingerprint density at radius 3 is 2.43 bits per heavy atom. The molecule has 0 bridgehead atoms. The lowest BCUT2D eigenvalue weighted by Gasteiger charge is -2.37. The molecule has 2 aliphatic rings. The molecule has 0 radical (unpaired) electrons. The van der Waals surface area contributed by atoms with Crippen LogP contribution in [0.3, 0.4) is 0 Å². The van der Waals surface area contributed by atoms with Crippen LogP contribution in [0, 0.1) is 0 Å². The molecule has 1 aromatic carbocycles. The Balaban J connectivity index is 1.41. The van der Waals surface area contributed by atoms with Gasteiger partial charge in [-0.25, -0.2) is 4.98 Å². The van der Waals surface area contributed by atoms with Crippen molar-refractivity contribution in [2.24, 2.45) is 0 Å². The molecule has 1 atom stereocenters. The fourth-order valence-electron chi connectivity index (χ4n) is 5.96. The van der Waals surface area contributed by atoms with E-state index >= 15 is 0 Å². The number of nitrogens with zero attached hydrogens (tertiary/aromatic N) is 5. The molecular formula is C30H44N6O. The van der Waals surface area contributed by atoms with Gasteiger partial charge < -0.3 is 19.9 Å². The molecule has 5 rings (SSSR count). The number of benzene rings is 1. The van der Waals surface area contributed by atoms with Crippen molar-refractivity contribution in [1.82, 2.24) is 24.3 Å². The summed E-state index contributed by atoms with van der Waals surface area (Å²) in [6, 6.07) is 9.92. The molecule has 2 fully saturated rings. The summed E-state index contributed by atoms with van der Waals surface area (Å²) in [6.45, 7) is 13.4. The first-order valence-electron chi connectivity index (χ1n) is 14.4. The van der Waals surface area contributed by atoms with Crippen LogP contribution < -0.4 is 5.32 Å². The first-order chi connectivity index (χ1) is 18.1. The van der Waals surface area contributed by atoms with Gasteiger partial charge in [-0.05, 0) is 56.7 Å². The van der Waals surface area contributed by atoms with Gasteiger partial charge in [0, 0.05) is 68.2 Å². The average Bonchev–Trinajstić information content (AvgIpc) is 3.32. The number of piperazine rings is 1. The molecule has 200 valence electrons. The Hall–Kier alpha value is -2.48. The van der Waals surface area contributed by atoms with E-state index in [1.165, 1.54) is 16.7 Å². The number of likely N-dealkylation sites (N-methyl/N-ethyl adjacent to an activating group) is 1. The summed E-state index contributed by atoms with van der Waals surface area (Å²) in [5.41, 5.74) is 4.77. The zero-order chi connectivity index (χ0) is 25.8. The molecule has 37 heavy (non-hydrogen) atoms. The van der Waals surface area contributed by atoms with Gasteiger partial charge in [-0.1, -0.05) is 44.5 Å². The molecule has 1 aliphatic carbocycles. The van der Waals surface area contributed by atoms with Gasteiger partial charge in [0.2, 0.25) is 5.95 Å². The van der Waals surface area contributed by atoms with E-state index in [0.29, 0.717) is 18.0 Å². The van der Waals surface area contributed by atoms with Crippen LogP contribution in [0.1, 0.15) is 76.9 Å². The minimum atomic E-state index is -0.169. The zero-order valence-corrected chi connectivity index (χ0v) is 22.9. The van der Waals surface area contributed by atoms with Crippen molar-refractivity contribution < 1.29 is 5.11 Å². The summed E-state index contributed by atoms with van der Waals surface area (Å²) in [6.07, 6.45) is 10.0. The van der Waals surface area contributed by atoms with E-state index < -0.39 is 0 Å². The standard InChI is InChI=1S/C30H44N6O/c1-4-6-15-31-30-32-20-27-28(21-36(29(27)33-30)25-11-13-26(37)14-12-25)24-9-7-23(8-10-24)22(3)35-18-16-34(5-2)17-19-35/h7-10,20-22,25-26,37H,4-6,11-19H2,1-3H3,(H,31,32,33)/t22-,25-,26-/m1/s1. The van der Waals surface area contributed by atoms with Gasteiger partial charge in [0.05, 0.1) is 6.10 Å². The predicted molar refractivity (Wildman–Crippen MR) is 152 cm³/mol. The van der Waals surface area contributed by atoms with Crippen molar-refractivity contribution >= 4 is 17.0 Å². The highest BCUT2D eigenvalue weighted by Gasteiger charge is 2.25. The molecule has 2 N–H and O–H groups in total. The highest BCUT2D eigenvalue weighted by atomic mass is 16.3. The maximum absolute atomic E-state index is 10.1. The fraction of sp³-hybridized carbons (Fsp3) is 0.600. The van der Waals surface area contributed by atoms with E-state index in [2.05, 4.69) is 75.9 Å². The number of anilines is 1. The number of aliphatic hydroxyl groups excluding tert-OH is 1. The predicted octanol–water partition coefficient (Wildman–Crippen LogP) is 5.48. The minimum Gasteiger partial charge on any atom is -0.393 e. The molecule has 1 saturated heterocycles. The second kappa shape index (κ2) is 11.9. The maximum atomic E-state index is 10.1. The number of aromatic nitrogens is 3. The molecule has 3 heterocycles. The topological polar surface area (TPSA) is 69.5 Å². The lowest BCUT2D eigenvalue weighted by Crippen LogP contribution is -2.46. The maximum Gasteiger partial charge on any atom is 0.224 e. The van der Waals surface area contributed by atoms with E-state index in [9.17, 15) is 5.11 Å². The third kappa shape index (κ3) is 5.84. The van der Waals surface area contributed by atoms with E-state index in [1.807, 2.05) is 6.20 Å². The van der Waals surface area contributed by atoms with Crippen LogP contribution >= 0.6 is 0 Å². The summed E-state index contributed by atoms with van der Waals surface area (Å²) in [4.78, 5) is 14.8. The van der Waals surface area contributed by atoms with Crippen LogP contribution in [0.5, 0.6) is 0 Å². The number of rotatable bonds is 9. The highest BCUT2D eigenvalue weighted by Crippen LogP contribution is 2.37. The van der Waals surface area contributed by atoms with Crippen molar-refractivity contribution in [3.05, 3.63) is 42.2 Å². The average molecular weight is 505 g/mol. The number of unbranched alkanes of at least 4 members (excludes halogenated alkanes) is 1. The smallest absolute Gasteiger partial charge is 0.224 e. The molecule has 0 spiro atoms. The second-order valence-corrected chi connectivity index (χ2v) is 10.9. The number of nitrogens with one attached hydrogen (secondary N) is 1. The van der Waals surface area contributed by atoms with Gasteiger partial charge in [-0.3, -0.25) is 4.90 Å². The highest BCUT2D eigenvalue weighted by molar-refractivity contribution is 5.94. The second-order valence-electron chi connectivity index (χ2n) is 10.9. The third-order valence-electron chi connectivity index (χ3n) is 8.55.